The first-order valence-corrected chi connectivity index (χ1v) is 9.08. The van der Waals surface area contributed by atoms with Crippen LogP contribution in [0.5, 0.6) is 0 Å². The molecule has 1 saturated heterocycles. The van der Waals surface area contributed by atoms with Crippen LogP contribution in [0.1, 0.15) is 77.0 Å². The van der Waals surface area contributed by atoms with Crippen molar-refractivity contribution in [3.8, 4) is 0 Å². The molecule has 3 fully saturated rings. The number of hydrogen-bond acceptors (Lipinski definition) is 2. The first-order valence-electron chi connectivity index (χ1n) is 9.08. The number of nitrogens with zero attached hydrogens (tertiary/aromatic N) is 1. The largest absolute Gasteiger partial charge is 0.339 e. The van der Waals surface area contributed by atoms with Crippen LogP contribution in [0.4, 0.5) is 0 Å². The second-order valence-electron chi connectivity index (χ2n) is 7.32. The second kappa shape index (κ2) is 6.93. The average molecular weight is 291 g/mol. The minimum absolute atomic E-state index is 0.141. The van der Waals surface area contributed by atoms with E-state index in [0.29, 0.717) is 17.6 Å². The predicted molar refractivity (Wildman–Crippen MR) is 82.9 cm³/mol. The molecule has 118 valence electrons. The summed E-state index contributed by atoms with van der Waals surface area (Å²) in [6.45, 7) is 0.889. The van der Waals surface area contributed by atoms with Crippen molar-refractivity contribution < 1.29 is 9.59 Å². The molecule has 0 bridgehead atoms. The van der Waals surface area contributed by atoms with Gasteiger partial charge >= 0.3 is 0 Å². The standard InChI is InChI=1S/C18H29NO2/c20-17-11-4-3-9-15(17)16-10-2-1-5-12-19(16)18(21)13-14-7-6-8-14/h14-16H,1-13H2/t15-,16-/m0/s1. The van der Waals surface area contributed by atoms with Crippen molar-refractivity contribution in [1.29, 1.82) is 0 Å². The van der Waals surface area contributed by atoms with Gasteiger partial charge in [0.05, 0.1) is 0 Å². The van der Waals surface area contributed by atoms with Crippen LogP contribution >= 0.6 is 0 Å². The van der Waals surface area contributed by atoms with E-state index in [4.69, 9.17) is 0 Å². The fourth-order valence-electron chi connectivity index (χ4n) is 4.34. The monoisotopic (exact) mass is 291 g/mol. The first kappa shape index (κ1) is 15.1. The molecule has 0 radical (unpaired) electrons. The highest BCUT2D eigenvalue weighted by Crippen LogP contribution is 2.34. The molecule has 1 heterocycles. The Kier molecular flexibility index (Phi) is 4.97. The Balaban J connectivity index is 1.69. The van der Waals surface area contributed by atoms with E-state index in [1.165, 1.54) is 32.1 Å². The number of Topliss-reactive ketones (excluding diaryl/α,β-unsaturated/α-hetero) is 1. The molecular formula is C18H29NO2. The summed E-state index contributed by atoms with van der Waals surface area (Å²) in [5, 5.41) is 0. The van der Waals surface area contributed by atoms with E-state index in [9.17, 15) is 9.59 Å². The van der Waals surface area contributed by atoms with E-state index in [0.717, 1.165) is 51.5 Å². The fourth-order valence-corrected chi connectivity index (χ4v) is 4.34. The van der Waals surface area contributed by atoms with Crippen molar-refractivity contribution >= 4 is 11.7 Å². The van der Waals surface area contributed by atoms with Gasteiger partial charge in [0.1, 0.15) is 5.78 Å². The van der Waals surface area contributed by atoms with Crippen LogP contribution in [0.3, 0.4) is 0 Å². The molecule has 3 nitrogen and oxygen atoms in total. The van der Waals surface area contributed by atoms with Crippen LogP contribution in [-0.2, 0) is 9.59 Å². The molecule has 2 saturated carbocycles. The van der Waals surface area contributed by atoms with Gasteiger partial charge in [-0.15, -0.1) is 0 Å². The van der Waals surface area contributed by atoms with E-state index in [-0.39, 0.29) is 12.0 Å². The number of amides is 1. The molecule has 3 aliphatic rings. The summed E-state index contributed by atoms with van der Waals surface area (Å²) in [7, 11) is 0. The number of likely N-dealkylation sites (tertiary alicyclic amines) is 1. The Labute approximate surface area is 128 Å². The van der Waals surface area contributed by atoms with Crippen molar-refractivity contribution in [3.63, 3.8) is 0 Å². The fraction of sp³-hybridized carbons (Fsp3) is 0.889. The number of hydrogen-bond donors (Lipinski definition) is 0. The highest BCUT2D eigenvalue weighted by molar-refractivity contribution is 5.84. The van der Waals surface area contributed by atoms with Crippen LogP contribution in [0, 0.1) is 11.8 Å². The van der Waals surface area contributed by atoms with Gasteiger partial charge in [-0.05, 0) is 44.4 Å². The Morgan fingerprint density at radius 2 is 1.76 bits per heavy atom. The second-order valence-corrected chi connectivity index (χ2v) is 7.32. The van der Waals surface area contributed by atoms with E-state index in [2.05, 4.69) is 4.90 Å². The van der Waals surface area contributed by atoms with Crippen molar-refractivity contribution in [2.24, 2.45) is 11.8 Å². The molecule has 1 aliphatic heterocycles. The highest BCUT2D eigenvalue weighted by atomic mass is 16.2. The third-order valence-corrected chi connectivity index (χ3v) is 5.87. The normalized spacial score (nSPS) is 31.6. The minimum atomic E-state index is 0.141. The zero-order valence-electron chi connectivity index (χ0n) is 13.2. The van der Waals surface area contributed by atoms with Gasteiger partial charge < -0.3 is 4.90 Å². The molecule has 1 amide bonds. The van der Waals surface area contributed by atoms with Gasteiger partial charge in [-0.2, -0.15) is 0 Å². The van der Waals surface area contributed by atoms with E-state index >= 15 is 0 Å². The van der Waals surface area contributed by atoms with Gasteiger partial charge in [-0.25, -0.2) is 0 Å². The molecule has 0 aromatic rings. The maximum Gasteiger partial charge on any atom is 0.223 e. The molecule has 2 aliphatic carbocycles. The van der Waals surface area contributed by atoms with Crippen LogP contribution < -0.4 is 0 Å². The number of rotatable bonds is 3. The van der Waals surface area contributed by atoms with Gasteiger partial charge in [-0.1, -0.05) is 25.7 Å². The van der Waals surface area contributed by atoms with Crippen molar-refractivity contribution in [3.05, 3.63) is 0 Å². The van der Waals surface area contributed by atoms with Gasteiger partial charge in [-0.3, -0.25) is 9.59 Å². The zero-order chi connectivity index (χ0) is 14.7. The van der Waals surface area contributed by atoms with Crippen LogP contribution in [-0.4, -0.2) is 29.2 Å². The number of carbonyl (C=O) groups is 2. The summed E-state index contributed by atoms with van der Waals surface area (Å²) in [5.74, 6) is 1.53. The SMILES string of the molecule is O=C1CCCC[C@H]1[C@@H]1CCCCCN1C(=O)CC1CCC1. The average Bonchev–Trinajstić information content (AvgIpc) is 2.69. The Morgan fingerprint density at radius 1 is 0.952 bits per heavy atom. The quantitative estimate of drug-likeness (QED) is 0.795. The molecular weight excluding hydrogens is 262 g/mol. The maximum atomic E-state index is 12.7. The van der Waals surface area contributed by atoms with Gasteiger partial charge in [0, 0.05) is 31.3 Å². The third-order valence-electron chi connectivity index (χ3n) is 5.87. The zero-order valence-corrected chi connectivity index (χ0v) is 13.2. The molecule has 0 spiro atoms. The Bertz CT molecular complexity index is 389. The van der Waals surface area contributed by atoms with Gasteiger partial charge in [0.15, 0.2) is 0 Å². The summed E-state index contributed by atoms with van der Waals surface area (Å²) in [6, 6.07) is 0.216. The third kappa shape index (κ3) is 3.49. The van der Waals surface area contributed by atoms with E-state index in [1.54, 1.807) is 0 Å². The number of ketones is 1. The molecule has 0 aromatic carbocycles. The van der Waals surface area contributed by atoms with Crippen LogP contribution in [0.15, 0.2) is 0 Å². The highest BCUT2D eigenvalue weighted by Gasteiger charge is 2.37. The predicted octanol–water partition coefficient (Wildman–Crippen LogP) is 3.71. The molecule has 2 atom stereocenters. The maximum absolute atomic E-state index is 12.7. The Morgan fingerprint density at radius 3 is 2.48 bits per heavy atom. The van der Waals surface area contributed by atoms with E-state index < -0.39 is 0 Å². The van der Waals surface area contributed by atoms with Crippen molar-refractivity contribution in [2.75, 3.05) is 6.54 Å². The summed E-state index contributed by atoms with van der Waals surface area (Å²) >= 11 is 0. The Hall–Kier alpha value is -0.860. The lowest BCUT2D eigenvalue weighted by atomic mass is 9.79. The summed E-state index contributed by atoms with van der Waals surface area (Å²) < 4.78 is 0. The molecule has 0 aromatic heterocycles. The lowest BCUT2D eigenvalue weighted by Crippen LogP contribution is -2.48. The van der Waals surface area contributed by atoms with Crippen LogP contribution in [0.25, 0.3) is 0 Å². The first-order chi connectivity index (χ1) is 10.3. The van der Waals surface area contributed by atoms with Crippen molar-refractivity contribution in [2.45, 2.75) is 83.1 Å². The molecule has 0 unspecified atom stereocenters. The van der Waals surface area contributed by atoms with E-state index in [1.807, 2.05) is 0 Å². The smallest absolute Gasteiger partial charge is 0.223 e. The molecule has 21 heavy (non-hydrogen) atoms. The summed E-state index contributed by atoms with van der Waals surface area (Å²) in [6.07, 6.45) is 13.0. The van der Waals surface area contributed by atoms with Gasteiger partial charge in [0.25, 0.3) is 0 Å². The topological polar surface area (TPSA) is 37.4 Å². The molecule has 3 rings (SSSR count). The van der Waals surface area contributed by atoms with Gasteiger partial charge in [0.2, 0.25) is 5.91 Å². The van der Waals surface area contributed by atoms with Crippen LogP contribution in [0.2, 0.25) is 0 Å². The summed E-state index contributed by atoms with van der Waals surface area (Å²) in [5.41, 5.74) is 0. The lowest BCUT2D eigenvalue weighted by molar-refractivity contribution is -0.139. The lowest BCUT2D eigenvalue weighted by Gasteiger charge is -2.38. The molecule has 0 N–H and O–H groups in total. The number of carbonyl (C=O) groups excluding carboxylic acids is 2. The molecule has 3 heteroatoms. The van der Waals surface area contributed by atoms with Crippen molar-refractivity contribution in [1.82, 2.24) is 4.90 Å². The minimum Gasteiger partial charge on any atom is -0.339 e. The summed E-state index contributed by atoms with van der Waals surface area (Å²) in [4.78, 5) is 27.2.